The van der Waals surface area contributed by atoms with Crippen molar-refractivity contribution in [2.75, 3.05) is 18.0 Å². The summed E-state index contributed by atoms with van der Waals surface area (Å²) in [5.74, 6) is -2.68. The molecule has 0 saturated heterocycles. The van der Waals surface area contributed by atoms with Crippen molar-refractivity contribution in [2.24, 2.45) is 5.92 Å². The Morgan fingerprint density at radius 2 is 2.32 bits per heavy atom. The van der Waals surface area contributed by atoms with E-state index in [4.69, 9.17) is 10.8 Å². The molecule has 1 unspecified atom stereocenters. The van der Waals surface area contributed by atoms with Crippen LogP contribution >= 0.6 is 23.1 Å². The molecule has 8 heteroatoms. The summed E-state index contributed by atoms with van der Waals surface area (Å²) in [5.41, 5.74) is 7.18. The molecular weight excluding hydrogens is 322 g/mol. The predicted molar refractivity (Wildman–Crippen MR) is 89.1 cm³/mol. The zero-order valence-corrected chi connectivity index (χ0v) is 13.2. The number of fused-ring (bicyclic) bond motifs is 1. The summed E-state index contributed by atoms with van der Waals surface area (Å²) in [5, 5.41) is 11.7. The highest BCUT2D eigenvalue weighted by Crippen LogP contribution is 2.31. The third kappa shape index (κ3) is 3.99. The number of nitrogens with one attached hydrogen (secondary N) is 1. The molecule has 1 heterocycles. The van der Waals surface area contributed by atoms with Crippen LogP contribution in [0.3, 0.4) is 0 Å². The molecule has 1 amide bonds. The molecule has 2 aromatic rings. The van der Waals surface area contributed by atoms with Gasteiger partial charge in [0, 0.05) is 18.0 Å². The molecular formula is C14H15N3O3S2. The largest absolute Gasteiger partial charge is 0.481 e. The fourth-order valence-corrected chi connectivity index (χ4v) is 3.91. The molecule has 0 fully saturated rings. The number of hydrogen-bond acceptors (Lipinski definition) is 6. The average Bonchev–Trinajstić information content (AvgIpc) is 2.86. The quantitative estimate of drug-likeness (QED) is 0.309. The van der Waals surface area contributed by atoms with Crippen molar-refractivity contribution in [1.29, 1.82) is 0 Å². The minimum Gasteiger partial charge on any atom is -0.481 e. The molecule has 0 bridgehead atoms. The first-order chi connectivity index (χ1) is 10.5. The van der Waals surface area contributed by atoms with Crippen molar-refractivity contribution in [3.8, 4) is 0 Å². The first kappa shape index (κ1) is 16.3. The molecule has 1 atom stereocenters. The number of benzene rings is 1. The van der Waals surface area contributed by atoms with E-state index in [1.54, 1.807) is 6.07 Å². The van der Waals surface area contributed by atoms with Crippen molar-refractivity contribution < 1.29 is 14.7 Å². The molecule has 0 saturated carbocycles. The minimum absolute atomic E-state index is 0.119. The molecule has 22 heavy (non-hydrogen) atoms. The third-order valence-electron chi connectivity index (χ3n) is 2.80. The van der Waals surface area contributed by atoms with E-state index in [2.05, 4.69) is 16.9 Å². The van der Waals surface area contributed by atoms with Crippen LogP contribution in [0.1, 0.15) is 0 Å². The van der Waals surface area contributed by atoms with Crippen molar-refractivity contribution in [2.45, 2.75) is 4.34 Å². The Hall–Kier alpha value is -2.06. The number of aromatic nitrogens is 1. The van der Waals surface area contributed by atoms with Crippen molar-refractivity contribution >= 4 is 50.9 Å². The fourth-order valence-electron chi connectivity index (χ4n) is 1.69. The smallest absolute Gasteiger partial charge is 0.316 e. The fraction of sp³-hybridized carbons (Fsp3) is 0.214. The number of nitrogens with zero attached hydrogens (tertiary/aromatic N) is 1. The van der Waals surface area contributed by atoms with Gasteiger partial charge in [0.2, 0.25) is 5.91 Å². The van der Waals surface area contributed by atoms with Gasteiger partial charge in [-0.2, -0.15) is 0 Å². The van der Waals surface area contributed by atoms with Crippen molar-refractivity contribution in [1.82, 2.24) is 10.3 Å². The van der Waals surface area contributed by atoms with Gasteiger partial charge in [0.05, 0.1) is 10.2 Å². The second kappa shape index (κ2) is 7.28. The minimum atomic E-state index is -1.15. The molecule has 4 N–H and O–H groups in total. The molecule has 1 aromatic carbocycles. The Bertz CT molecular complexity index is 714. The molecule has 0 aliphatic heterocycles. The Kier molecular flexibility index (Phi) is 5.40. The van der Waals surface area contributed by atoms with Crippen LogP contribution in [0.2, 0.25) is 0 Å². The molecule has 0 aliphatic carbocycles. The number of aliphatic carboxylic acids is 1. The number of amides is 1. The number of thioether (sulfide) groups is 1. The molecule has 1 aromatic heterocycles. The number of carbonyl (C=O) groups excluding carboxylic acids is 1. The van der Waals surface area contributed by atoms with Crippen LogP contribution in [-0.4, -0.2) is 34.3 Å². The lowest BCUT2D eigenvalue weighted by Gasteiger charge is -2.10. The number of carboxylic acid groups (broad SMARTS) is 1. The monoisotopic (exact) mass is 337 g/mol. The van der Waals surface area contributed by atoms with Crippen LogP contribution in [0.5, 0.6) is 0 Å². The number of hydrogen-bond donors (Lipinski definition) is 3. The highest BCUT2D eigenvalue weighted by atomic mass is 32.2. The van der Waals surface area contributed by atoms with E-state index in [0.29, 0.717) is 10.0 Å². The van der Waals surface area contributed by atoms with Gasteiger partial charge in [0.1, 0.15) is 5.92 Å². The Balaban J connectivity index is 2.05. The van der Waals surface area contributed by atoms with E-state index in [-0.39, 0.29) is 12.3 Å². The number of carboxylic acids is 1. The van der Waals surface area contributed by atoms with Crippen molar-refractivity contribution in [3.63, 3.8) is 0 Å². The third-order valence-corrected chi connectivity index (χ3v) is 5.06. The summed E-state index contributed by atoms with van der Waals surface area (Å²) in [4.78, 5) is 27.4. The van der Waals surface area contributed by atoms with Gasteiger partial charge in [-0.05, 0) is 18.2 Å². The topological polar surface area (TPSA) is 105 Å². The summed E-state index contributed by atoms with van der Waals surface area (Å²) >= 11 is 2.68. The second-order valence-corrected chi connectivity index (χ2v) is 6.74. The lowest BCUT2D eigenvalue weighted by Crippen LogP contribution is -2.36. The standard InChI is InChI=1S/C14H15N3O3S2/c1-2-5-16-12(18)9(13(19)20)7-21-14-17-10-4-3-8(15)6-11(10)22-14/h2-4,6,9H,1,5,7,15H2,(H,16,18)(H,19,20). The molecule has 0 aliphatic rings. The number of carbonyl (C=O) groups is 2. The average molecular weight is 337 g/mol. The van der Waals surface area contributed by atoms with Gasteiger partial charge < -0.3 is 16.2 Å². The second-order valence-electron chi connectivity index (χ2n) is 4.44. The zero-order chi connectivity index (χ0) is 16.1. The molecule has 6 nitrogen and oxygen atoms in total. The highest BCUT2D eigenvalue weighted by Gasteiger charge is 2.26. The SMILES string of the molecule is C=CCNC(=O)C(CSc1nc2ccc(N)cc2s1)C(=O)O. The number of thiazole rings is 1. The Labute approximate surface area is 135 Å². The van der Waals surface area contributed by atoms with Gasteiger partial charge in [0.25, 0.3) is 0 Å². The van der Waals surface area contributed by atoms with E-state index in [1.165, 1.54) is 29.2 Å². The van der Waals surface area contributed by atoms with E-state index < -0.39 is 17.8 Å². The first-order valence-electron chi connectivity index (χ1n) is 6.41. The van der Waals surface area contributed by atoms with Crippen LogP contribution in [0.4, 0.5) is 5.69 Å². The van der Waals surface area contributed by atoms with Gasteiger partial charge in [0.15, 0.2) is 4.34 Å². The maximum absolute atomic E-state index is 11.8. The van der Waals surface area contributed by atoms with E-state index in [1.807, 2.05) is 12.1 Å². The number of anilines is 1. The van der Waals surface area contributed by atoms with Gasteiger partial charge in [-0.1, -0.05) is 17.8 Å². The maximum Gasteiger partial charge on any atom is 0.316 e. The van der Waals surface area contributed by atoms with Gasteiger partial charge in [-0.25, -0.2) is 4.98 Å². The van der Waals surface area contributed by atoms with Gasteiger partial charge in [-0.3, -0.25) is 9.59 Å². The normalized spacial score (nSPS) is 12.0. The van der Waals surface area contributed by atoms with Crippen LogP contribution in [-0.2, 0) is 9.59 Å². The maximum atomic E-state index is 11.8. The van der Waals surface area contributed by atoms with Crippen LogP contribution in [0.25, 0.3) is 10.2 Å². The first-order valence-corrected chi connectivity index (χ1v) is 8.21. The summed E-state index contributed by atoms with van der Waals surface area (Å²) in [6, 6.07) is 5.40. The number of rotatable bonds is 7. The molecule has 0 radical (unpaired) electrons. The zero-order valence-electron chi connectivity index (χ0n) is 11.6. The van der Waals surface area contributed by atoms with E-state index >= 15 is 0 Å². The van der Waals surface area contributed by atoms with Crippen molar-refractivity contribution in [3.05, 3.63) is 30.9 Å². The van der Waals surface area contributed by atoms with E-state index in [0.717, 1.165) is 10.2 Å². The number of nitrogen functional groups attached to an aromatic ring is 1. The lowest BCUT2D eigenvalue weighted by atomic mass is 10.1. The summed E-state index contributed by atoms with van der Waals surface area (Å²) in [6.45, 7) is 3.72. The predicted octanol–water partition coefficient (Wildman–Crippen LogP) is 1.97. The Morgan fingerprint density at radius 3 is 3.00 bits per heavy atom. The lowest BCUT2D eigenvalue weighted by molar-refractivity contribution is -0.145. The molecule has 2 rings (SSSR count). The van der Waals surface area contributed by atoms with Gasteiger partial charge >= 0.3 is 5.97 Å². The Morgan fingerprint density at radius 1 is 1.55 bits per heavy atom. The summed E-state index contributed by atoms with van der Waals surface area (Å²) in [7, 11) is 0. The van der Waals surface area contributed by atoms with E-state index in [9.17, 15) is 9.59 Å². The highest BCUT2D eigenvalue weighted by molar-refractivity contribution is 8.01. The summed E-state index contributed by atoms with van der Waals surface area (Å²) < 4.78 is 1.65. The van der Waals surface area contributed by atoms with Crippen LogP contribution < -0.4 is 11.1 Å². The van der Waals surface area contributed by atoms with Gasteiger partial charge in [-0.15, -0.1) is 17.9 Å². The molecule has 0 spiro atoms. The molecule has 116 valence electrons. The van der Waals surface area contributed by atoms with Crippen LogP contribution in [0, 0.1) is 5.92 Å². The number of nitrogens with two attached hydrogens (primary N) is 1. The van der Waals surface area contributed by atoms with Crippen LogP contribution in [0.15, 0.2) is 35.2 Å². The summed E-state index contributed by atoms with van der Waals surface area (Å²) in [6.07, 6.45) is 1.50.